The molecule has 236 valence electrons. The lowest BCUT2D eigenvalue weighted by Gasteiger charge is -2.25. The molecule has 0 aromatic carbocycles. The Bertz CT molecular complexity index is 1830. The van der Waals surface area contributed by atoms with Crippen LogP contribution in [-0.4, -0.2) is 98.3 Å². The van der Waals surface area contributed by atoms with Crippen molar-refractivity contribution >= 4 is 66.6 Å². The Balaban J connectivity index is 1.20. The number of anilines is 2. The van der Waals surface area contributed by atoms with Gasteiger partial charge >= 0.3 is 13.9 Å². The molecule has 25 heteroatoms. The molecule has 6 heterocycles. The molecule has 2 aliphatic heterocycles. The normalized spacial score (nSPS) is 29.0. The minimum atomic E-state index is -4.30. The number of thiol groups is 1. The number of ether oxygens (including phenoxy) is 2. The predicted octanol–water partition coefficient (Wildman–Crippen LogP) is -0.534. The molecule has 0 amide bonds. The molecule has 7 N–H and O–H groups in total. The molecule has 4 aromatic heterocycles. The molecule has 20 nitrogen and oxygen atoms in total. The van der Waals surface area contributed by atoms with Crippen LogP contribution in [0.2, 0.25) is 0 Å². The Morgan fingerprint density at radius 3 is 2.84 bits per heavy atom. The number of hydrogen-bond donors (Lipinski definition) is 6. The van der Waals surface area contributed by atoms with Crippen LogP contribution in [0.5, 0.6) is 0 Å². The summed E-state index contributed by atoms with van der Waals surface area (Å²) in [5, 5.41) is 21.3. The van der Waals surface area contributed by atoms with Crippen LogP contribution in [0.15, 0.2) is 17.3 Å². The molecule has 2 saturated heterocycles. The molecule has 0 saturated carbocycles. The lowest BCUT2D eigenvalue weighted by atomic mass is 10.1. The van der Waals surface area contributed by atoms with Gasteiger partial charge in [0.25, 0.3) is 5.56 Å². The van der Waals surface area contributed by atoms with Gasteiger partial charge in [-0.05, 0) is 16.4 Å². The zero-order chi connectivity index (χ0) is 31.3. The van der Waals surface area contributed by atoms with Gasteiger partial charge in [0, 0.05) is 6.42 Å². The number of nitrogen functional groups attached to an aromatic ring is 2. The highest BCUT2D eigenvalue weighted by Crippen LogP contribution is 2.51. The second-order valence-electron chi connectivity index (χ2n) is 9.53. The molecule has 2 aliphatic rings. The largest absolute Gasteiger partial charge is 0.582 e. The molecule has 0 radical (unpaired) electrons. The smallest absolute Gasteiger partial charge is 0.394 e. The van der Waals surface area contributed by atoms with Crippen molar-refractivity contribution < 1.29 is 42.0 Å². The molecule has 2 unspecified atom stereocenters. The molecule has 6 rings (SSSR count). The molecule has 0 spiro atoms. The number of nitrogens with one attached hydrogen (secondary N) is 1. The van der Waals surface area contributed by atoms with Gasteiger partial charge in [-0.1, -0.05) is 5.21 Å². The van der Waals surface area contributed by atoms with Crippen molar-refractivity contribution in [1.82, 2.24) is 44.5 Å². The molecular weight excluding hydrogens is 671 g/mol. The number of nitrogens with two attached hydrogens (primary N) is 2. The van der Waals surface area contributed by atoms with Crippen molar-refractivity contribution in [3.63, 3.8) is 0 Å². The van der Waals surface area contributed by atoms with E-state index in [0.717, 1.165) is 4.68 Å². The number of aromatic nitrogens is 9. The Morgan fingerprint density at radius 1 is 1.30 bits per heavy atom. The van der Waals surface area contributed by atoms with E-state index in [1.54, 1.807) is 0 Å². The third-order valence-electron chi connectivity index (χ3n) is 6.81. The third-order valence-corrected chi connectivity index (χ3v) is 9.10. The van der Waals surface area contributed by atoms with Crippen molar-refractivity contribution in [2.45, 2.75) is 49.3 Å². The molecule has 0 aliphatic carbocycles. The first-order valence-electron chi connectivity index (χ1n) is 12.5. The highest BCUT2D eigenvalue weighted by molar-refractivity contribution is 8.39. The van der Waals surface area contributed by atoms with Crippen LogP contribution >= 0.6 is 26.2 Å². The van der Waals surface area contributed by atoms with Crippen LogP contribution in [0.25, 0.3) is 16.8 Å². The van der Waals surface area contributed by atoms with Gasteiger partial charge < -0.3 is 35.5 Å². The van der Waals surface area contributed by atoms with Gasteiger partial charge in [0.2, 0.25) is 5.95 Å². The van der Waals surface area contributed by atoms with Crippen molar-refractivity contribution in [3.8, 4) is 0 Å². The minimum absolute atomic E-state index is 0.141. The fourth-order valence-electron chi connectivity index (χ4n) is 4.88. The summed E-state index contributed by atoms with van der Waals surface area (Å²) in [6.45, 7) is -5.51. The number of fused-ring (bicyclic) bond motifs is 2. The molecule has 4 aromatic rings. The SMILES string of the molecule is Nc1nc2c(nnn2[C@@H]2O[C@H](CO)[C@H](F)[C@H]2OP(O)(=S)OC[C@H]2O[C@@H](c3cnc4c(N)ncnn34)C[C@@H]2O[P+](=O)S)c(=O)[nH]1. The Morgan fingerprint density at radius 2 is 2.09 bits per heavy atom. The van der Waals surface area contributed by atoms with E-state index >= 15 is 4.39 Å². The van der Waals surface area contributed by atoms with E-state index in [4.69, 9.17) is 46.3 Å². The summed E-state index contributed by atoms with van der Waals surface area (Å²) in [5.41, 5.74) is 11.1. The van der Waals surface area contributed by atoms with Crippen LogP contribution < -0.4 is 17.0 Å². The number of alkyl halides is 1. The molecular formula is C19H23FN11O9P2S2+. The number of halogens is 1. The summed E-state index contributed by atoms with van der Waals surface area (Å²) in [6.07, 6.45) is -6.31. The van der Waals surface area contributed by atoms with Gasteiger partial charge in [0.15, 0.2) is 35.0 Å². The Hall–Kier alpha value is -2.82. The van der Waals surface area contributed by atoms with E-state index in [-0.39, 0.29) is 29.4 Å². The van der Waals surface area contributed by atoms with Gasteiger partial charge in [0.1, 0.15) is 49.1 Å². The first kappa shape index (κ1) is 31.2. The van der Waals surface area contributed by atoms with Crippen LogP contribution in [0, 0.1) is 0 Å². The van der Waals surface area contributed by atoms with Crippen LogP contribution in [0.3, 0.4) is 0 Å². The van der Waals surface area contributed by atoms with Crippen molar-refractivity contribution in [2.24, 2.45) is 0 Å². The maximum atomic E-state index is 15.4. The number of rotatable bonds is 10. The summed E-state index contributed by atoms with van der Waals surface area (Å²) >= 11 is 8.99. The molecule has 2 fully saturated rings. The number of H-pyrrole nitrogens is 1. The standard InChI is InChI=1S/C19H22FN11O9P2S2/c20-11-9(3-32)38-18(31-15-12(28-29-31)17(33)27-19(22)26-15)13(11)40-42(35,44)36-4-10-8(39-41(34)43)1-7(37-10)6-2-23-16-14(21)24-5-25-30(6)16/h2,5,7-11,13,18,32H,1,3-4H2,(H6-,21,22,24,25,26,27,29,33,34,35,43,44)/p+1/t7-,8+,9-,10-,11+,13-,18-,42?/m1/s1. The first-order valence-corrected chi connectivity index (χ1v) is 17.5. The average Bonchev–Trinajstić information content (AvgIpc) is 3.73. The third kappa shape index (κ3) is 5.93. The second-order valence-corrected chi connectivity index (χ2v) is 14.0. The van der Waals surface area contributed by atoms with Crippen LogP contribution in [0.4, 0.5) is 16.2 Å². The number of nitrogens with zero attached hydrogens (tertiary/aromatic N) is 8. The molecule has 0 bridgehead atoms. The quantitative estimate of drug-likeness (QED) is 0.0898. The van der Waals surface area contributed by atoms with Gasteiger partial charge in [-0.3, -0.25) is 14.3 Å². The number of aliphatic hydroxyl groups excluding tert-OH is 1. The van der Waals surface area contributed by atoms with E-state index in [1.807, 2.05) is 0 Å². The minimum Gasteiger partial charge on any atom is -0.394 e. The Kier molecular flexibility index (Phi) is 8.63. The van der Waals surface area contributed by atoms with E-state index in [1.165, 1.54) is 17.0 Å². The van der Waals surface area contributed by atoms with E-state index in [9.17, 15) is 19.4 Å². The van der Waals surface area contributed by atoms with Crippen LogP contribution in [-0.2, 0) is 39.4 Å². The first-order chi connectivity index (χ1) is 21.0. The maximum absolute atomic E-state index is 15.4. The summed E-state index contributed by atoms with van der Waals surface area (Å²) < 4.78 is 57.7. The maximum Gasteiger partial charge on any atom is 0.582 e. The second kappa shape index (κ2) is 12.2. The summed E-state index contributed by atoms with van der Waals surface area (Å²) in [7, 11) is -2.38. The number of aliphatic hydroxyl groups is 1. The summed E-state index contributed by atoms with van der Waals surface area (Å²) in [5.74, 6) is -0.135. The van der Waals surface area contributed by atoms with Crippen molar-refractivity contribution in [2.75, 3.05) is 24.7 Å². The van der Waals surface area contributed by atoms with E-state index < -0.39 is 75.6 Å². The zero-order valence-corrected chi connectivity index (χ0v) is 25.4. The fourth-order valence-corrected chi connectivity index (χ4v) is 7.11. The fraction of sp³-hybridized carbons (Fsp3) is 0.526. The average molecular weight is 695 g/mol. The van der Waals surface area contributed by atoms with Crippen molar-refractivity contribution in [3.05, 3.63) is 28.6 Å². The van der Waals surface area contributed by atoms with E-state index in [0.29, 0.717) is 11.3 Å². The van der Waals surface area contributed by atoms with Gasteiger partial charge in [-0.2, -0.15) is 14.8 Å². The van der Waals surface area contributed by atoms with Gasteiger partial charge in [-0.25, -0.2) is 18.9 Å². The zero-order valence-electron chi connectivity index (χ0n) is 21.9. The lowest BCUT2D eigenvalue weighted by molar-refractivity contribution is -0.0564. The molecule has 9 atom stereocenters. The summed E-state index contributed by atoms with van der Waals surface area (Å²) in [6, 6.07) is 0. The Labute approximate surface area is 255 Å². The van der Waals surface area contributed by atoms with E-state index in [2.05, 4.69) is 47.6 Å². The highest BCUT2D eigenvalue weighted by atomic mass is 32.7. The monoisotopic (exact) mass is 694 g/mol. The van der Waals surface area contributed by atoms with Crippen LogP contribution in [0.1, 0.15) is 24.4 Å². The number of hydrogen-bond acceptors (Lipinski definition) is 17. The van der Waals surface area contributed by atoms with Gasteiger partial charge in [-0.15, -0.1) is 9.62 Å². The number of imidazole rings is 1. The predicted molar refractivity (Wildman–Crippen MR) is 152 cm³/mol. The van der Waals surface area contributed by atoms with Gasteiger partial charge in [0.05, 0.1) is 25.1 Å². The van der Waals surface area contributed by atoms with Crippen molar-refractivity contribution in [1.29, 1.82) is 0 Å². The lowest BCUT2D eigenvalue weighted by Crippen LogP contribution is -2.33. The highest BCUT2D eigenvalue weighted by Gasteiger charge is 2.51. The number of aromatic amines is 1. The topological polar surface area (TPSA) is 275 Å². The molecule has 44 heavy (non-hydrogen) atoms. The summed E-state index contributed by atoms with van der Waals surface area (Å²) in [4.78, 5) is 37.5.